The summed E-state index contributed by atoms with van der Waals surface area (Å²) in [5.74, 6) is -0.303. The minimum atomic E-state index is -3.66. The number of anilines is 1. The highest BCUT2D eigenvalue weighted by Gasteiger charge is 2.24. The number of amides is 1. The molecule has 2 rings (SSSR count). The van der Waals surface area contributed by atoms with Gasteiger partial charge in [0.2, 0.25) is 15.4 Å². The first-order valence-electron chi connectivity index (χ1n) is 7.11. The van der Waals surface area contributed by atoms with Crippen LogP contribution < -0.4 is 10.0 Å². The minimum absolute atomic E-state index is 0.0385. The summed E-state index contributed by atoms with van der Waals surface area (Å²) in [5, 5.41) is 9.95. The molecule has 1 aliphatic carbocycles. The van der Waals surface area contributed by atoms with Crippen LogP contribution in [0.3, 0.4) is 0 Å². The molecular formula is C12H20N4O3S2. The van der Waals surface area contributed by atoms with Gasteiger partial charge in [-0.15, -0.1) is 10.2 Å². The van der Waals surface area contributed by atoms with Crippen LogP contribution in [0.4, 0.5) is 5.13 Å². The van der Waals surface area contributed by atoms with Crippen LogP contribution in [-0.4, -0.2) is 30.6 Å². The fourth-order valence-corrected chi connectivity index (χ4v) is 4.63. The van der Waals surface area contributed by atoms with E-state index in [1.807, 2.05) is 0 Å². The van der Waals surface area contributed by atoms with Crippen LogP contribution in [0.5, 0.6) is 0 Å². The summed E-state index contributed by atoms with van der Waals surface area (Å²) >= 11 is 0.861. The van der Waals surface area contributed by atoms with E-state index in [0.717, 1.165) is 49.9 Å². The Hall–Kier alpha value is -1.06. The fourth-order valence-electron chi connectivity index (χ4n) is 2.36. The Morgan fingerprint density at radius 3 is 2.38 bits per heavy atom. The van der Waals surface area contributed by atoms with E-state index >= 15 is 0 Å². The molecule has 9 heteroatoms. The number of aromatic nitrogens is 2. The molecule has 21 heavy (non-hydrogen) atoms. The monoisotopic (exact) mass is 332 g/mol. The molecule has 2 N–H and O–H groups in total. The number of rotatable bonds is 4. The van der Waals surface area contributed by atoms with Gasteiger partial charge in [-0.3, -0.25) is 4.79 Å². The van der Waals surface area contributed by atoms with Gasteiger partial charge in [0.05, 0.1) is 0 Å². The van der Waals surface area contributed by atoms with E-state index in [2.05, 4.69) is 20.2 Å². The second kappa shape index (κ2) is 7.28. The summed E-state index contributed by atoms with van der Waals surface area (Å²) in [6, 6.07) is -0.0385. The molecule has 0 saturated heterocycles. The van der Waals surface area contributed by atoms with Crippen LogP contribution in [0.25, 0.3) is 0 Å². The molecule has 1 amide bonds. The number of hydrogen-bond donors (Lipinski definition) is 2. The van der Waals surface area contributed by atoms with Gasteiger partial charge >= 0.3 is 0 Å². The minimum Gasteiger partial charge on any atom is -0.301 e. The van der Waals surface area contributed by atoms with Crippen molar-refractivity contribution >= 4 is 32.4 Å². The van der Waals surface area contributed by atoms with Crippen LogP contribution in [0.2, 0.25) is 0 Å². The predicted molar refractivity (Wildman–Crippen MR) is 80.6 cm³/mol. The lowest BCUT2D eigenvalue weighted by Gasteiger charge is -2.19. The maximum absolute atomic E-state index is 12.3. The Morgan fingerprint density at radius 1 is 1.14 bits per heavy atom. The number of nitrogens with zero attached hydrogens (tertiary/aromatic N) is 2. The molecule has 1 aliphatic rings. The zero-order valence-corrected chi connectivity index (χ0v) is 13.6. The van der Waals surface area contributed by atoms with Gasteiger partial charge in [0, 0.05) is 13.0 Å². The molecule has 1 fully saturated rings. The standard InChI is InChI=1S/C12H20N4O3S2/c1-9(17)13-11-14-15-12(20-11)21(18,19)16-10-7-5-3-2-4-6-8-10/h10,16H,2-8H2,1H3,(H,13,14,17). The molecule has 1 heterocycles. The quantitative estimate of drug-likeness (QED) is 0.820. The number of sulfonamides is 1. The first-order valence-corrected chi connectivity index (χ1v) is 9.41. The Kier molecular flexibility index (Phi) is 5.65. The molecule has 1 aromatic rings. The van der Waals surface area contributed by atoms with E-state index < -0.39 is 10.0 Å². The molecule has 1 aromatic heterocycles. The van der Waals surface area contributed by atoms with Gasteiger partial charge in [0.1, 0.15) is 0 Å². The van der Waals surface area contributed by atoms with Crippen molar-refractivity contribution in [1.82, 2.24) is 14.9 Å². The van der Waals surface area contributed by atoms with Crippen molar-refractivity contribution in [3.63, 3.8) is 0 Å². The Bertz CT molecular complexity index is 577. The normalized spacial score (nSPS) is 18.0. The molecule has 0 spiro atoms. The summed E-state index contributed by atoms with van der Waals surface area (Å²) in [4.78, 5) is 10.9. The molecule has 0 aliphatic heterocycles. The molecule has 0 unspecified atom stereocenters. The summed E-state index contributed by atoms with van der Waals surface area (Å²) < 4.78 is 27.2. The van der Waals surface area contributed by atoms with Gasteiger partial charge in [0.15, 0.2) is 0 Å². The van der Waals surface area contributed by atoms with Crippen molar-refractivity contribution in [3.8, 4) is 0 Å². The van der Waals surface area contributed by atoms with E-state index in [0.29, 0.717) is 0 Å². The van der Waals surface area contributed by atoms with Crippen molar-refractivity contribution < 1.29 is 13.2 Å². The van der Waals surface area contributed by atoms with E-state index in [1.54, 1.807) is 0 Å². The van der Waals surface area contributed by atoms with Crippen LogP contribution in [-0.2, 0) is 14.8 Å². The van der Waals surface area contributed by atoms with Crippen molar-refractivity contribution in [2.75, 3.05) is 5.32 Å². The topological polar surface area (TPSA) is 101 Å². The third kappa shape index (κ3) is 5.01. The highest BCUT2D eigenvalue weighted by molar-refractivity contribution is 7.91. The summed E-state index contributed by atoms with van der Waals surface area (Å²) in [7, 11) is -3.66. The zero-order chi connectivity index (χ0) is 15.3. The number of carbonyl (C=O) groups excluding carboxylic acids is 1. The molecule has 118 valence electrons. The van der Waals surface area contributed by atoms with Crippen LogP contribution >= 0.6 is 11.3 Å². The number of nitrogens with one attached hydrogen (secondary N) is 2. The summed E-state index contributed by atoms with van der Waals surface area (Å²) in [6.45, 7) is 1.34. The van der Waals surface area contributed by atoms with Crippen LogP contribution in [0.15, 0.2) is 4.34 Å². The molecule has 1 saturated carbocycles. The Balaban J connectivity index is 2.02. The highest BCUT2D eigenvalue weighted by Crippen LogP contribution is 2.22. The van der Waals surface area contributed by atoms with Gasteiger partial charge in [0.25, 0.3) is 10.0 Å². The van der Waals surface area contributed by atoms with Gasteiger partial charge in [-0.05, 0) is 12.8 Å². The van der Waals surface area contributed by atoms with Gasteiger partial charge in [-0.1, -0.05) is 43.4 Å². The van der Waals surface area contributed by atoms with E-state index in [4.69, 9.17) is 0 Å². The van der Waals surface area contributed by atoms with Crippen molar-refractivity contribution in [3.05, 3.63) is 0 Å². The first-order chi connectivity index (χ1) is 9.97. The first kappa shape index (κ1) is 16.3. The molecule has 0 atom stereocenters. The zero-order valence-electron chi connectivity index (χ0n) is 12.0. The number of carbonyl (C=O) groups is 1. The average Bonchev–Trinajstić information content (AvgIpc) is 2.80. The van der Waals surface area contributed by atoms with Gasteiger partial charge in [-0.25, -0.2) is 13.1 Å². The van der Waals surface area contributed by atoms with Gasteiger partial charge in [-0.2, -0.15) is 0 Å². The molecular weight excluding hydrogens is 312 g/mol. The molecule has 7 nitrogen and oxygen atoms in total. The van der Waals surface area contributed by atoms with Gasteiger partial charge < -0.3 is 5.32 Å². The lowest BCUT2D eigenvalue weighted by atomic mass is 9.97. The maximum atomic E-state index is 12.3. The van der Waals surface area contributed by atoms with Crippen LogP contribution in [0.1, 0.15) is 51.9 Å². The van der Waals surface area contributed by atoms with E-state index in [-0.39, 0.29) is 21.4 Å². The largest absolute Gasteiger partial charge is 0.301 e. The lowest BCUT2D eigenvalue weighted by Crippen LogP contribution is -2.35. The Labute approximate surface area is 128 Å². The highest BCUT2D eigenvalue weighted by atomic mass is 32.2. The third-order valence-corrected chi connectivity index (χ3v) is 6.07. The van der Waals surface area contributed by atoms with E-state index in [9.17, 15) is 13.2 Å². The smallest absolute Gasteiger partial charge is 0.270 e. The summed E-state index contributed by atoms with van der Waals surface area (Å²) in [6.07, 6.45) is 7.34. The van der Waals surface area contributed by atoms with Crippen molar-refractivity contribution in [1.29, 1.82) is 0 Å². The maximum Gasteiger partial charge on any atom is 0.270 e. The molecule has 0 bridgehead atoms. The Morgan fingerprint density at radius 2 is 1.76 bits per heavy atom. The lowest BCUT2D eigenvalue weighted by molar-refractivity contribution is -0.114. The second-order valence-corrected chi connectivity index (χ2v) is 8.08. The van der Waals surface area contributed by atoms with Crippen molar-refractivity contribution in [2.24, 2.45) is 0 Å². The van der Waals surface area contributed by atoms with Crippen molar-refractivity contribution in [2.45, 2.75) is 62.3 Å². The van der Waals surface area contributed by atoms with Crippen LogP contribution in [0, 0.1) is 0 Å². The number of hydrogen-bond acceptors (Lipinski definition) is 6. The summed E-state index contributed by atoms with van der Waals surface area (Å²) in [5.41, 5.74) is 0. The molecule has 0 aromatic carbocycles. The predicted octanol–water partition coefficient (Wildman–Crippen LogP) is 1.89. The fraction of sp³-hybridized carbons (Fsp3) is 0.750. The molecule has 0 radical (unpaired) electrons. The average molecular weight is 332 g/mol. The SMILES string of the molecule is CC(=O)Nc1nnc(S(=O)(=O)NC2CCCCCCC2)s1. The second-order valence-electron chi connectivity index (χ2n) is 5.22. The van der Waals surface area contributed by atoms with E-state index in [1.165, 1.54) is 13.3 Å². The third-order valence-electron chi connectivity index (χ3n) is 3.35.